The predicted octanol–water partition coefficient (Wildman–Crippen LogP) is 1.41. The number of ether oxygens (including phenoxy) is 2. The summed E-state index contributed by atoms with van der Waals surface area (Å²) in [5, 5.41) is 10.6. The Labute approximate surface area is 123 Å². The molecular weight excluding hydrogens is 284 g/mol. The van der Waals surface area contributed by atoms with E-state index >= 15 is 0 Å². The molecule has 4 nitrogen and oxygen atoms in total. The van der Waals surface area contributed by atoms with E-state index in [9.17, 15) is 9.90 Å². The highest BCUT2D eigenvalue weighted by molar-refractivity contribution is 7.99. The molecule has 2 rings (SSSR count). The lowest BCUT2D eigenvalue weighted by Gasteiger charge is -2.37. The third-order valence-electron chi connectivity index (χ3n) is 3.79. The van der Waals surface area contributed by atoms with Gasteiger partial charge in [-0.25, -0.2) is 0 Å². The highest BCUT2D eigenvalue weighted by Gasteiger charge is 2.39. The quantitative estimate of drug-likeness (QED) is 0.775. The molecule has 0 aromatic rings. The second-order valence-electron chi connectivity index (χ2n) is 5.03. The zero-order valence-corrected chi connectivity index (χ0v) is 12.9. The van der Waals surface area contributed by atoms with E-state index in [4.69, 9.17) is 9.47 Å². The number of aliphatic hydroxyl groups excluding tert-OH is 1. The van der Waals surface area contributed by atoms with Crippen LogP contribution in [-0.4, -0.2) is 60.0 Å². The van der Waals surface area contributed by atoms with E-state index in [-0.39, 0.29) is 30.5 Å². The second kappa shape index (κ2) is 7.88. The van der Waals surface area contributed by atoms with E-state index in [1.54, 1.807) is 18.9 Å². The first-order valence-electron chi connectivity index (χ1n) is 6.71. The fraction of sp³-hybridized carbons (Fsp3) is 0.923. The summed E-state index contributed by atoms with van der Waals surface area (Å²) in [4.78, 5) is 12.0. The Morgan fingerprint density at radius 1 is 1.37 bits per heavy atom. The average Bonchev–Trinajstić information content (AvgIpc) is 2.45. The lowest BCUT2D eigenvalue weighted by Crippen LogP contribution is -2.46. The number of ketones is 1. The summed E-state index contributed by atoms with van der Waals surface area (Å²) in [6.45, 7) is 0.256. The van der Waals surface area contributed by atoms with Crippen LogP contribution >= 0.6 is 23.5 Å². The van der Waals surface area contributed by atoms with Crippen LogP contribution in [-0.2, 0) is 14.3 Å². The van der Waals surface area contributed by atoms with Crippen LogP contribution in [0, 0.1) is 11.8 Å². The molecule has 1 N–H and O–H groups in total. The van der Waals surface area contributed by atoms with Gasteiger partial charge in [-0.3, -0.25) is 4.79 Å². The van der Waals surface area contributed by atoms with Crippen molar-refractivity contribution >= 4 is 29.3 Å². The van der Waals surface area contributed by atoms with Crippen molar-refractivity contribution in [3.63, 3.8) is 0 Å². The molecular formula is C13H22O4S2. The van der Waals surface area contributed by atoms with Crippen LogP contribution in [0.1, 0.15) is 12.8 Å². The number of carbonyl (C=O) groups is 1. The zero-order valence-electron chi connectivity index (χ0n) is 11.2. The Kier molecular flexibility index (Phi) is 6.49. The SMILES string of the molecule is COCO[C@H]1CCSC[C@H]1[C@H](O)[C@H]1CSCCC1=O. The fourth-order valence-corrected chi connectivity index (χ4v) is 5.07. The first kappa shape index (κ1) is 15.6. The molecule has 0 radical (unpaired) electrons. The Bertz CT molecular complexity index is 300. The molecule has 2 heterocycles. The maximum absolute atomic E-state index is 12.0. The topological polar surface area (TPSA) is 55.8 Å². The summed E-state index contributed by atoms with van der Waals surface area (Å²) in [5.41, 5.74) is 0. The van der Waals surface area contributed by atoms with Crippen molar-refractivity contribution in [2.24, 2.45) is 11.8 Å². The van der Waals surface area contributed by atoms with E-state index in [1.807, 2.05) is 11.8 Å². The third-order valence-corrected chi connectivity index (χ3v) is 6.02. The lowest BCUT2D eigenvalue weighted by molar-refractivity contribution is -0.133. The number of carbonyl (C=O) groups excluding carboxylic acids is 1. The van der Waals surface area contributed by atoms with Gasteiger partial charge in [0.25, 0.3) is 0 Å². The average molecular weight is 306 g/mol. The van der Waals surface area contributed by atoms with E-state index in [1.165, 1.54) is 0 Å². The summed E-state index contributed by atoms with van der Waals surface area (Å²) < 4.78 is 10.6. The van der Waals surface area contributed by atoms with Crippen LogP contribution in [0.15, 0.2) is 0 Å². The van der Waals surface area contributed by atoms with Gasteiger partial charge in [-0.2, -0.15) is 23.5 Å². The third kappa shape index (κ3) is 4.11. The van der Waals surface area contributed by atoms with Crippen LogP contribution in [0.3, 0.4) is 0 Å². The molecule has 4 atom stereocenters. The molecule has 6 heteroatoms. The minimum absolute atomic E-state index is 0.0101. The van der Waals surface area contributed by atoms with Crippen molar-refractivity contribution < 1.29 is 19.4 Å². The summed E-state index contributed by atoms with van der Waals surface area (Å²) in [6, 6.07) is 0. The summed E-state index contributed by atoms with van der Waals surface area (Å²) in [5.74, 6) is 3.60. The van der Waals surface area contributed by atoms with E-state index < -0.39 is 6.10 Å². The van der Waals surface area contributed by atoms with Crippen LogP contribution in [0.5, 0.6) is 0 Å². The number of rotatable bonds is 5. The minimum Gasteiger partial charge on any atom is -0.392 e. The van der Waals surface area contributed by atoms with Gasteiger partial charge >= 0.3 is 0 Å². The largest absolute Gasteiger partial charge is 0.392 e. The molecule has 2 fully saturated rings. The predicted molar refractivity (Wildman–Crippen MR) is 78.6 cm³/mol. The fourth-order valence-electron chi connectivity index (χ4n) is 2.67. The van der Waals surface area contributed by atoms with E-state index in [0.29, 0.717) is 6.42 Å². The van der Waals surface area contributed by atoms with Crippen LogP contribution in [0.25, 0.3) is 0 Å². The highest BCUT2D eigenvalue weighted by Crippen LogP contribution is 2.34. The van der Waals surface area contributed by atoms with E-state index in [0.717, 1.165) is 29.4 Å². The molecule has 0 saturated carbocycles. The van der Waals surface area contributed by atoms with Crippen molar-refractivity contribution in [3.8, 4) is 0 Å². The molecule has 0 bridgehead atoms. The Morgan fingerprint density at radius 2 is 2.16 bits per heavy atom. The van der Waals surface area contributed by atoms with Gasteiger partial charge in [-0.05, 0) is 12.2 Å². The first-order valence-corrected chi connectivity index (χ1v) is 9.01. The molecule has 0 amide bonds. The zero-order chi connectivity index (χ0) is 13.7. The van der Waals surface area contributed by atoms with Gasteiger partial charge in [0.05, 0.1) is 18.1 Å². The van der Waals surface area contributed by atoms with Gasteiger partial charge in [0.15, 0.2) is 0 Å². The number of methoxy groups -OCH3 is 1. The molecule has 0 unspecified atom stereocenters. The number of aliphatic hydroxyl groups is 1. The monoisotopic (exact) mass is 306 g/mol. The maximum atomic E-state index is 12.0. The van der Waals surface area contributed by atoms with Gasteiger partial charge in [0.1, 0.15) is 12.6 Å². The Morgan fingerprint density at radius 3 is 2.89 bits per heavy atom. The summed E-state index contributed by atoms with van der Waals surface area (Å²) in [6.07, 6.45) is 0.950. The van der Waals surface area contributed by atoms with Crippen molar-refractivity contribution in [1.29, 1.82) is 0 Å². The molecule has 0 aromatic heterocycles. The molecule has 2 saturated heterocycles. The maximum Gasteiger partial charge on any atom is 0.146 e. The molecule has 2 aliphatic rings. The smallest absolute Gasteiger partial charge is 0.146 e. The highest BCUT2D eigenvalue weighted by atomic mass is 32.2. The van der Waals surface area contributed by atoms with Crippen molar-refractivity contribution in [3.05, 3.63) is 0 Å². The standard InChI is InChI=1S/C13H22O4S2/c1-16-8-17-12-3-5-19-7-10(12)13(15)9-6-18-4-2-11(9)14/h9-10,12-13,15H,2-8H2,1H3/t9-,10+,12-,13+/m0/s1. The molecule has 110 valence electrons. The van der Waals surface area contributed by atoms with Gasteiger partial charge in [0.2, 0.25) is 0 Å². The summed E-state index contributed by atoms with van der Waals surface area (Å²) >= 11 is 3.60. The normalized spacial score (nSPS) is 34.2. The van der Waals surface area contributed by atoms with Gasteiger partial charge in [-0.15, -0.1) is 0 Å². The van der Waals surface area contributed by atoms with Crippen LogP contribution < -0.4 is 0 Å². The van der Waals surface area contributed by atoms with Gasteiger partial charge < -0.3 is 14.6 Å². The number of Topliss-reactive ketones (excluding diaryl/α,β-unsaturated/α-hetero) is 1. The molecule has 0 spiro atoms. The minimum atomic E-state index is -0.574. The van der Waals surface area contributed by atoms with Gasteiger partial charge in [-0.1, -0.05) is 0 Å². The van der Waals surface area contributed by atoms with Crippen LogP contribution in [0.4, 0.5) is 0 Å². The first-order chi connectivity index (χ1) is 9.24. The number of hydrogen-bond acceptors (Lipinski definition) is 6. The number of hydrogen-bond donors (Lipinski definition) is 1. The molecule has 19 heavy (non-hydrogen) atoms. The van der Waals surface area contributed by atoms with Crippen LogP contribution in [0.2, 0.25) is 0 Å². The molecule has 2 aliphatic heterocycles. The lowest BCUT2D eigenvalue weighted by atomic mass is 9.84. The summed E-state index contributed by atoms with van der Waals surface area (Å²) in [7, 11) is 1.60. The van der Waals surface area contributed by atoms with E-state index in [2.05, 4.69) is 0 Å². The molecule has 0 aliphatic carbocycles. The Hall–Kier alpha value is 0.250. The number of thioether (sulfide) groups is 2. The van der Waals surface area contributed by atoms with Crippen molar-refractivity contribution in [2.75, 3.05) is 36.9 Å². The van der Waals surface area contributed by atoms with Gasteiger partial charge in [0, 0.05) is 36.7 Å². The molecule has 0 aromatic carbocycles. The van der Waals surface area contributed by atoms with Crippen molar-refractivity contribution in [1.82, 2.24) is 0 Å². The van der Waals surface area contributed by atoms with Crippen molar-refractivity contribution in [2.45, 2.75) is 25.0 Å². The Balaban J connectivity index is 1.97. The second-order valence-corrected chi connectivity index (χ2v) is 7.33.